The van der Waals surface area contributed by atoms with Crippen molar-refractivity contribution in [3.63, 3.8) is 0 Å². The number of rotatable bonds is 20. The zero-order valence-corrected chi connectivity index (χ0v) is 64.0. The Morgan fingerprint density at radius 3 is 0.800 bits per heavy atom. The Balaban J connectivity index is 0.000000160. The van der Waals surface area contributed by atoms with Crippen LogP contribution in [0.3, 0.4) is 0 Å². The molecule has 0 atom stereocenters. The van der Waals surface area contributed by atoms with Crippen LogP contribution in [0, 0.1) is 55.5 Å². The van der Waals surface area contributed by atoms with E-state index in [1.807, 2.05) is 146 Å². The van der Waals surface area contributed by atoms with Crippen LogP contribution >= 0.6 is 0 Å². The number of allylic oxidation sites excluding steroid dienone is 3. The molecule has 0 unspecified atom stereocenters. The van der Waals surface area contributed by atoms with Gasteiger partial charge in [-0.2, -0.15) is 170 Å². The van der Waals surface area contributed by atoms with Gasteiger partial charge in [0.2, 0.25) is 0 Å². The van der Waals surface area contributed by atoms with Crippen molar-refractivity contribution in [1.29, 1.82) is 0 Å². The van der Waals surface area contributed by atoms with Crippen molar-refractivity contribution in [2.24, 2.45) is 15.0 Å². The van der Waals surface area contributed by atoms with E-state index in [-0.39, 0.29) is 81.7 Å². The van der Waals surface area contributed by atoms with Gasteiger partial charge in [-0.25, -0.2) is 0 Å². The third kappa shape index (κ3) is 24.8. The van der Waals surface area contributed by atoms with E-state index >= 15 is 0 Å². The summed E-state index contributed by atoms with van der Waals surface area (Å²) in [5, 5.41) is 4.46. The fraction of sp³-hybridized carbons (Fsp3) is 0.130. The van der Waals surface area contributed by atoms with Gasteiger partial charge in [-0.1, -0.05) is 42.5 Å². The molecule has 0 spiro atoms. The van der Waals surface area contributed by atoms with Crippen LogP contribution in [0.1, 0.15) is 131 Å². The Morgan fingerprint density at radius 2 is 0.543 bits per heavy atom. The summed E-state index contributed by atoms with van der Waals surface area (Å²) in [6.07, 6.45) is 30.3. The molecule has 0 saturated heterocycles. The van der Waals surface area contributed by atoms with Crippen LogP contribution in [0.15, 0.2) is 307 Å². The summed E-state index contributed by atoms with van der Waals surface area (Å²) in [5.74, 6) is 0. The van der Waals surface area contributed by atoms with Gasteiger partial charge in [0.1, 0.15) is 0 Å². The maximum absolute atomic E-state index is 4.46. The molecule has 0 saturated carbocycles. The summed E-state index contributed by atoms with van der Waals surface area (Å²) in [6, 6.07) is 104. The topological polar surface area (TPSA) is 106 Å². The molecule has 8 aromatic carbocycles. The molecular formula is C92H73N9Pd4. The second-order valence-electron chi connectivity index (χ2n) is 24.7. The van der Waals surface area contributed by atoms with Crippen LogP contribution in [0.25, 0.3) is 5.69 Å². The number of aliphatic imine (C=N–C) groups is 3. The first-order valence-corrected chi connectivity index (χ1v) is 34.2. The SMILES string of the molecule is Cc1ccn(-c2[c-]c(Cc3[c-]c(Cc4ccccn4)ccc3)ccc2)n1.[Pd+2].[Pd+2].[Pd+2].[Pd+2].[c-]1c(Cc2[c-]c(C3=NC=CC3)ccc2)cccc1Cc1ccccn1.[c-]1c(Cc2[c-]c(C3=NC=CC3)ccc2)cccc1Cc1ccccn1.[c-]1c(Cc2[c-]c(C3=NC=CC3)ccc2)cccc1Cc1ccccn1. The standard InChI is InChI=1S/C23H19N3.3C23H18N2.4Pd/c1-18-11-13-26(25-18)23-10-5-8-21(17-23)15-19-6-4-7-20(14-19)16-22-9-2-3-12-24-22;3*1-2-12-24-22(10-1)17-20-7-3-6-18(15-20)14-19-8-4-9-21(16-19)23-11-5-13-25-23;;;;/h2-13H,15-16H2,1H3;3*1-10,12-13H,11,14,17H2;;;;/q4*-2;4*+2. The molecule has 9 nitrogen and oxygen atoms in total. The van der Waals surface area contributed by atoms with Crippen LogP contribution < -0.4 is 0 Å². The number of pyridine rings is 4. The summed E-state index contributed by atoms with van der Waals surface area (Å²) in [7, 11) is 0. The molecule has 526 valence electrons. The Morgan fingerprint density at radius 1 is 0.276 bits per heavy atom. The number of hydrogen-bond donors (Lipinski definition) is 0. The Kier molecular flexibility index (Phi) is 31.7. The third-order valence-electron chi connectivity index (χ3n) is 16.8. The molecule has 5 aromatic heterocycles. The van der Waals surface area contributed by atoms with Gasteiger partial charge in [0.15, 0.2) is 0 Å². The second kappa shape index (κ2) is 41.8. The summed E-state index contributed by atoms with van der Waals surface area (Å²) in [6.45, 7) is 1.99. The van der Waals surface area contributed by atoms with Crippen molar-refractivity contribution >= 4 is 17.1 Å². The van der Waals surface area contributed by atoms with Crippen molar-refractivity contribution in [3.8, 4) is 5.69 Å². The minimum Gasteiger partial charge on any atom is -0.309 e. The number of aryl methyl sites for hydroxylation is 1. The smallest absolute Gasteiger partial charge is 0.309 e. The molecule has 0 bridgehead atoms. The van der Waals surface area contributed by atoms with Gasteiger partial charge in [0.25, 0.3) is 0 Å². The quantitative estimate of drug-likeness (QED) is 0.0558. The van der Waals surface area contributed by atoms with Crippen molar-refractivity contribution in [3.05, 3.63) is 453 Å². The molecule has 13 heteroatoms. The first kappa shape index (κ1) is 79.6. The summed E-state index contributed by atoms with van der Waals surface area (Å²) in [4.78, 5) is 30.8. The molecular weight excluding hydrogens is 1660 g/mol. The molecule has 8 heterocycles. The van der Waals surface area contributed by atoms with E-state index in [9.17, 15) is 0 Å². The fourth-order valence-electron chi connectivity index (χ4n) is 12.0. The fourth-order valence-corrected chi connectivity index (χ4v) is 12.0. The number of nitrogens with zero attached hydrogens (tertiary/aromatic N) is 9. The maximum atomic E-state index is 4.46. The minimum absolute atomic E-state index is 0. The molecule has 3 aliphatic heterocycles. The summed E-state index contributed by atoms with van der Waals surface area (Å²) < 4.78 is 1.86. The molecule has 0 N–H and O–H groups in total. The van der Waals surface area contributed by atoms with Crippen molar-refractivity contribution < 1.29 is 81.7 Å². The van der Waals surface area contributed by atoms with E-state index in [0.717, 1.165) is 172 Å². The summed E-state index contributed by atoms with van der Waals surface area (Å²) in [5.41, 5.74) is 26.7. The van der Waals surface area contributed by atoms with Crippen LogP contribution in [0.4, 0.5) is 0 Å². The Bertz CT molecular complexity index is 4700. The minimum atomic E-state index is 0. The zero-order valence-electron chi connectivity index (χ0n) is 57.8. The van der Waals surface area contributed by atoms with Crippen LogP contribution in [0.2, 0.25) is 0 Å². The van der Waals surface area contributed by atoms with Gasteiger partial charge >= 0.3 is 81.7 Å². The third-order valence-corrected chi connectivity index (χ3v) is 16.8. The molecule has 0 aliphatic carbocycles. The molecule has 0 amide bonds. The molecule has 16 rings (SSSR count). The second-order valence-corrected chi connectivity index (χ2v) is 24.7. The largest absolute Gasteiger partial charge is 2.00 e. The van der Waals surface area contributed by atoms with Gasteiger partial charge in [-0.05, 0) is 155 Å². The van der Waals surface area contributed by atoms with Crippen molar-refractivity contribution in [2.45, 2.75) is 77.6 Å². The predicted octanol–water partition coefficient (Wildman–Crippen LogP) is 18.1. The van der Waals surface area contributed by atoms with Crippen molar-refractivity contribution in [2.75, 3.05) is 0 Å². The Hall–Kier alpha value is -9.55. The monoisotopic (exact) mass is 1730 g/mol. The predicted molar refractivity (Wildman–Crippen MR) is 404 cm³/mol. The average Bonchev–Trinajstić information content (AvgIpc) is 1.85. The maximum Gasteiger partial charge on any atom is 2.00 e. The van der Waals surface area contributed by atoms with E-state index in [1.165, 1.54) is 33.4 Å². The molecule has 3 aliphatic rings. The number of benzene rings is 8. The molecule has 105 heavy (non-hydrogen) atoms. The van der Waals surface area contributed by atoms with E-state index in [4.69, 9.17) is 0 Å². The van der Waals surface area contributed by atoms with Crippen molar-refractivity contribution in [1.82, 2.24) is 29.7 Å². The van der Waals surface area contributed by atoms with Gasteiger partial charge < -0.3 is 15.0 Å². The normalized spacial score (nSPS) is 12.0. The van der Waals surface area contributed by atoms with Gasteiger partial charge in [-0.3, -0.25) is 24.6 Å². The van der Waals surface area contributed by atoms with Gasteiger partial charge in [-0.15, -0.1) is 112 Å². The van der Waals surface area contributed by atoms with Crippen LogP contribution in [-0.2, 0) is 133 Å². The summed E-state index contributed by atoms with van der Waals surface area (Å²) >= 11 is 0. The van der Waals surface area contributed by atoms with E-state index in [2.05, 4.69) is 246 Å². The van der Waals surface area contributed by atoms with Gasteiger partial charge in [0.05, 0.1) is 5.69 Å². The number of aromatic nitrogens is 6. The van der Waals surface area contributed by atoms with Gasteiger partial charge in [0, 0.05) is 72.4 Å². The number of hydrogen-bond acceptors (Lipinski definition) is 8. The van der Waals surface area contributed by atoms with Crippen LogP contribution in [-0.4, -0.2) is 46.9 Å². The molecule has 0 fully saturated rings. The molecule has 13 aromatic rings. The van der Waals surface area contributed by atoms with E-state index < -0.39 is 0 Å². The zero-order chi connectivity index (χ0) is 68.5. The van der Waals surface area contributed by atoms with Crippen LogP contribution in [0.5, 0.6) is 0 Å². The van der Waals surface area contributed by atoms with E-state index in [0.29, 0.717) is 0 Å². The molecule has 0 radical (unpaired) electrons. The Labute approximate surface area is 673 Å². The first-order chi connectivity index (χ1) is 49.9. The average molecular weight is 1730 g/mol. The van der Waals surface area contributed by atoms with E-state index in [1.54, 1.807) is 0 Å². The first-order valence-electron chi connectivity index (χ1n) is 34.2.